The van der Waals surface area contributed by atoms with Gasteiger partial charge in [-0.3, -0.25) is 4.79 Å². The zero-order chi connectivity index (χ0) is 60.0. The molecule has 0 bridgehead atoms. The van der Waals surface area contributed by atoms with E-state index in [1.807, 2.05) is 6.08 Å². The van der Waals surface area contributed by atoms with Gasteiger partial charge in [0.05, 0.1) is 25.4 Å². The summed E-state index contributed by atoms with van der Waals surface area (Å²) in [4.78, 5) is 13.1. The Hall–Kier alpha value is -1.07. The molecule has 1 fully saturated rings. The van der Waals surface area contributed by atoms with Crippen molar-refractivity contribution in [2.45, 2.75) is 442 Å². The monoisotopic (exact) mass is 1180 g/mol. The summed E-state index contributed by atoms with van der Waals surface area (Å²) in [5.74, 6) is -0.166. The van der Waals surface area contributed by atoms with Gasteiger partial charge in [0.2, 0.25) is 5.91 Å². The zero-order valence-electron chi connectivity index (χ0n) is 55.5. The minimum absolute atomic E-state index is 0.166. The lowest BCUT2D eigenvalue weighted by molar-refractivity contribution is -0.302. The number of nitrogens with one attached hydrogen (secondary N) is 1. The van der Waals surface area contributed by atoms with Crippen molar-refractivity contribution in [3.05, 3.63) is 12.2 Å². The van der Waals surface area contributed by atoms with Crippen molar-refractivity contribution >= 4 is 5.91 Å². The van der Waals surface area contributed by atoms with Gasteiger partial charge in [0, 0.05) is 6.42 Å². The van der Waals surface area contributed by atoms with Gasteiger partial charge >= 0.3 is 0 Å². The Morgan fingerprint density at radius 3 is 0.940 bits per heavy atom. The van der Waals surface area contributed by atoms with Crippen molar-refractivity contribution in [3.8, 4) is 0 Å². The second-order valence-corrected chi connectivity index (χ2v) is 26.5. The SMILES string of the molecule is CCCCCCCCCCCCCCCCCCCCCCC/C=C/C(O)C(COC1OC(CO)C(O)C(O)C1O)NC(=O)CCCCCCCCCCCCCCCCCCCCCCCCCCCCCCCCCCCCCCC. The van der Waals surface area contributed by atoms with Gasteiger partial charge in [-0.05, 0) is 19.3 Å². The van der Waals surface area contributed by atoms with Gasteiger partial charge in [0.25, 0.3) is 0 Å². The summed E-state index contributed by atoms with van der Waals surface area (Å²) in [7, 11) is 0. The molecule has 0 spiro atoms. The van der Waals surface area contributed by atoms with Crippen LogP contribution in [0, 0.1) is 0 Å². The number of ether oxygens (including phenoxy) is 2. The Morgan fingerprint density at radius 2 is 0.663 bits per heavy atom. The average molecular weight is 1180 g/mol. The van der Waals surface area contributed by atoms with Crippen LogP contribution in [0.3, 0.4) is 0 Å². The average Bonchev–Trinajstić information content (AvgIpc) is 3.50. The summed E-state index contributed by atoms with van der Waals surface area (Å²) < 4.78 is 11.3. The van der Waals surface area contributed by atoms with Gasteiger partial charge in [0.1, 0.15) is 24.4 Å². The van der Waals surface area contributed by atoms with Crippen molar-refractivity contribution in [2.24, 2.45) is 0 Å². The molecule has 0 radical (unpaired) electrons. The first kappa shape index (κ1) is 79.9. The summed E-state index contributed by atoms with van der Waals surface area (Å²) in [5, 5.41) is 54.8. The second-order valence-electron chi connectivity index (χ2n) is 26.5. The Morgan fingerprint density at radius 1 is 0.398 bits per heavy atom. The molecule has 0 aromatic heterocycles. The number of carbonyl (C=O) groups excluding carboxylic acids is 1. The molecule has 1 rings (SSSR count). The molecule has 0 aliphatic carbocycles. The Balaban J connectivity index is 2.05. The van der Waals surface area contributed by atoms with E-state index in [4.69, 9.17) is 9.47 Å². The third-order valence-electron chi connectivity index (χ3n) is 18.4. The lowest BCUT2D eigenvalue weighted by Crippen LogP contribution is -2.60. The van der Waals surface area contributed by atoms with Crippen LogP contribution in [0.5, 0.6) is 0 Å². The molecular weight excluding hydrogens is 1030 g/mol. The summed E-state index contributed by atoms with van der Waals surface area (Å²) in [6.45, 7) is 3.85. The second kappa shape index (κ2) is 63.9. The number of hydrogen-bond donors (Lipinski definition) is 6. The fourth-order valence-electron chi connectivity index (χ4n) is 12.5. The predicted octanol–water partition coefficient (Wildman–Crippen LogP) is 20.7. The number of amides is 1. The number of aliphatic hydroxyl groups excluding tert-OH is 5. The third-order valence-corrected chi connectivity index (χ3v) is 18.4. The molecule has 9 nitrogen and oxygen atoms in total. The summed E-state index contributed by atoms with van der Waals surface area (Å²) in [5.41, 5.74) is 0. The highest BCUT2D eigenvalue weighted by Gasteiger charge is 2.44. The van der Waals surface area contributed by atoms with E-state index in [2.05, 4.69) is 19.2 Å². The van der Waals surface area contributed by atoms with E-state index in [1.54, 1.807) is 6.08 Å². The van der Waals surface area contributed by atoms with Gasteiger partial charge in [-0.1, -0.05) is 386 Å². The maximum atomic E-state index is 13.1. The normalized spacial score (nSPS) is 18.2. The number of hydrogen-bond acceptors (Lipinski definition) is 8. The van der Waals surface area contributed by atoms with Crippen LogP contribution >= 0.6 is 0 Å². The molecular formula is C74H145NO8. The summed E-state index contributed by atoms with van der Waals surface area (Å²) >= 11 is 0. The van der Waals surface area contributed by atoms with Gasteiger partial charge in [-0.15, -0.1) is 0 Å². The Bertz CT molecular complexity index is 1320. The summed E-state index contributed by atoms with van der Waals surface area (Å²) in [6.07, 6.45) is 76.3. The van der Waals surface area contributed by atoms with Crippen LogP contribution in [0.1, 0.15) is 399 Å². The van der Waals surface area contributed by atoms with E-state index in [0.717, 1.165) is 38.5 Å². The number of carbonyl (C=O) groups is 1. The van der Waals surface area contributed by atoms with E-state index >= 15 is 0 Å². The molecule has 0 aromatic rings. The fourth-order valence-corrected chi connectivity index (χ4v) is 12.5. The highest BCUT2D eigenvalue weighted by Crippen LogP contribution is 2.24. The van der Waals surface area contributed by atoms with E-state index in [0.29, 0.717) is 6.42 Å². The lowest BCUT2D eigenvalue weighted by Gasteiger charge is -2.40. The smallest absolute Gasteiger partial charge is 0.220 e. The number of unbranched alkanes of at least 4 members (excludes halogenated alkanes) is 57. The van der Waals surface area contributed by atoms with Gasteiger partial charge in [-0.25, -0.2) is 0 Å². The molecule has 494 valence electrons. The first-order chi connectivity index (χ1) is 40.8. The van der Waals surface area contributed by atoms with Gasteiger partial charge in [0.15, 0.2) is 6.29 Å². The molecule has 83 heavy (non-hydrogen) atoms. The molecule has 0 aromatic carbocycles. The number of allylic oxidation sites excluding steroid dienone is 1. The van der Waals surface area contributed by atoms with E-state index in [9.17, 15) is 30.3 Å². The molecule has 1 amide bonds. The molecule has 1 aliphatic rings. The van der Waals surface area contributed by atoms with Crippen LogP contribution in [-0.4, -0.2) is 87.5 Å². The fraction of sp³-hybridized carbons (Fsp3) is 0.959. The van der Waals surface area contributed by atoms with E-state index in [1.165, 1.54) is 340 Å². The predicted molar refractivity (Wildman–Crippen MR) is 355 cm³/mol. The van der Waals surface area contributed by atoms with Crippen LogP contribution < -0.4 is 5.32 Å². The topological polar surface area (TPSA) is 149 Å². The Kier molecular flexibility index (Phi) is 61.6. The van der Waals surface area contributed by atoms with Crippen molar-refractivity contribution in [1.29, 1.82) is 0 Å². The maximum Gasteiger partial charge on any atom is 0.220 e. The molecule has 1 saturated heterocycles. The number of rotatable bonds is 67. The van der Waals surface area contributed by atoms with Crippen LogP contribution in [-0.2, 0) is 14.3 Å². The van der Waals surface area contributed by atoms with Crippen molar-refractivity contribution in [1.82, 2.24) is 5.32 Å². The molecule has 1 heterocycles. The Labute approximate surface area is 516 Å². The van der Waals surface area contributed by atoms with Crippen molar-refractivity contribution in [3.63, 3.8) is 0 Å². The molecule has 7 atom stereocenters. The van der Waals surface area contributed by atoms with Crippen molar-refractivity contribution < 1.29 is 39.8 Å². The molecule has 0 saturated carbocycles. The quantitative estimate of drug-likeness (QED) is 0.0261. The molecule has 6 N–H and O–H groups in total. The van der Waals surface area contributed by atoms with Crippen LogP contribution in [0.2, 0.25) is 0 Å². The highest BCUT2D eigenvalue weighted by molar-refractivity contribution is 5.76. The number of aliphatic hydroxyl groups is 5. The minimum atomic E-state index is -1.56. The standard InChI is InChI=1S/C74H145NO8/c1-3-5-7-9-11-13-15-17-19-21-23-25-27-28-29-30-31-32-33-34-35-36-37-38-39-40-42-44-46-48-50-52-54-56-58-60-62-64-70(78)75-67(66-82-74-73(81)72(80)71(79)69(65-76)83-74)68(77)63-61-59-57-55-53-51-49-47-45-43-41-26-24-22-20-18-16-14-12-10-8-6-4-2/h61,63,67-69,71-74,76-77,79-81H,3-60,62,64-66H2,1-2H3,(H,75,78)/b63-61+. The molecule has 9 heteroatoms. The third kappa shape index (κ3) is 52.6. The molecule has 1 aliphatic heterocycles. The van der Waals surface area contributed by atoms with Crippen molar-refractivity contribution in [2.75, 3.05) is 13.2 Å². The maximum absolute atomic E-state index is 13.1. The first-order valence-electron chi connectivity index (χ1n) is 37.4. The van der Waals surface area contributed by atoms with E-state index < -0.39 is 49.5 Å². The molecule has 7 unspecified atom stereocenters. The first-order valence-corrected chi connectivity index (χ1v) is 37.4. The van der Waals surface area contributed by atoms with Crippen LogP contribution in [0.4, 0.5) is 0 Å². The van der Waals surface area contributed by atoms with Gasteiger partial charge in [-0.2, -0.15) is 0 Å². The van der Waals surface area contributed by atoms with Crippen LogP contribution in [0.15, 0.2) is 12.2 Å². The largest absolute Gasteiger partial charge is 0.394 e. The minimum Gasteiger partial charge on any atom is -0.394 e. The van der Waals surface area contributed by atoms with E-state index in [-0.39, 0.29) is 12.5 Å². The highest BCUT2D eigenvalue weighted by atomic mass is 16.7. The van der Waals surface area contributed by atoms with Gasteiger partial charge < -0.3 is 40.3 Å². The summed E-state index contributed by atoms with van der Waals surface area (Å²) in [6, 6.07) is -0.802. The van der Waals surface area contributed by atoms with Crippen LogP contribution in [0.25, 0.3) is 0 Å². The lowest BCUT2D eigenvalue weighted by atomic mass is 9.99. The zero-order valence-corrected chi connectivity index (χ0v) is 55.5.